The molecule has 0 atom stereocenters. The molecule has 0 saturated carbocycles. The Morgan fingerprint density at radius 1 is 1.03 bits per heavy atom. The van der Waals surface area contributed by atoms with Gasteiger partial charge in [0.25, 0.3) is 0 Å². The molecular formula is C26H33NO5. The third-order valence-corrected chi connectivity index (χ3v) is 5.45. The van der Waals surface area contributed by atoms with Gasteiger partial charge in [-0.1, -0.05) is 39.5 Å². The second-order valence-electron chi connectivity index (χ2n) is 9.09. The Morgan fingerprint density at radius 2 is 1.72 bits per heavy atom. The molecule has 1 aliphatic rings. The number of methoxy groups -OCH3 is 2. The maximum Gasteiger partial charge on any atom is 0.231 e. The first kappa shape index (κ1) is 23.7. The fourth-order valence-corrected chi connectivity index (χ4v) is 4.17. The van der Waals surface area contributed by atoms with Crippen LogP contribution in [0.25, 0.3) is 6.08 Å². The van der Waals surface area contributed by atoms with Gasteiger partial charge in [-0.05, 0) is 24.3 Å². The molecule has 0 aromatic heterocycles. The van der Waals surface area contributed by atoms with E-state index in [2.05, 4.69) is 27.7 Å². The van der Waals surface area contributed by atoms with Crippen molar-refractivity contribution in [2.75, 3.05) is 27.3 Å². The van der Waals surface area contributed by atoms with Crippen LogP contribution < -0.4 is 24.2 Å². The van der Waals surface area contributed by atoms with Gasteiger partial charge >= 0.3 is 0 Å². The molecule has 1 N–H and O–H groups in total. The number of carbonyl (C=O) groups excluding carboxylic acids is 1. The number of ether oxygens (including phenoxy) is 3. The molecule has 3 rings (SSSR count). The maximum atomic E-state index is 13.1. The molecular weight excluding hydrogens is 406 g/mol. The summed E-state index contributed by atoms with van der Waals surface area (Å²) < 4.78 is 16.7. The number of nitrogens with one attached hydrogen (secondary N) is 1. The van der Waals surface area contributed by atoms with Crippen molar-refractivity contribution < 1.29 is 29.0 Å². The molecule has 0 aliphatic carbocycles. The highest BCUT2D eigenvalue weighted by atomic mass is 16.5. The van der Waals surface area contributed by atoms with Gasteiger partial charge in [-0.25, -0.2) is 0 Å². The second kappa shape index (κ2) is 10.1. The summed E-state index contributed by atoms with van der Waals surface area (Å²) in [5, 5.41) is 12.8. The minimum Gasteiger partial charge on any atom is -0.872 e. The number of hydrogen-bond acceptors (Lipinski definition) is 5. The molecule has 0 spiro atoms. The van der Waals surface area contributed by atoms with Crippen LogP contribution in [0.1, 0.15) is 49.2 Å². The van der Waals surface area contributed by atoms with Crippen LogP contribution >= 0.6 is 0 Å². The second-order valence-corrected chi connectivity index (χ2v) is 9.09. The van der Waals surface area contributed by atoms with Gasteiger partial charge < -0.3 is 24.2 Å². The van der Waals surface area contributed by atoms with Crippen molar-refractivity contribution in [3.05, 3.63) is 52.8 Å². The number of fused-ring (bicyclic) bond motifs is 1. The molecule has 0 amide bonds. The highest BCUT2D eigenvalue weighted by molar-refractivity contribution is 6.15. The molecule has 1 aliphatic heterocycles. The van der Waals surface area contributed by atoms with Gasteiger partial charge in [0.05, 0.1) is 32.9 Å². The van der Waals surface area contributed by atoms with Crippen LogP contribution in [0, 0.1) is 11.8 Å². The molecule has 172 valence electrons. The topological polar surface area (TPSA) is 72.3 Å². The third-order valence-electron chi connectivity index (χ3n) is 5.45. The first-order valence-corrected chi connectivity index (χ1v) is 11.1. The van der Waals surface area contributed by atoms with Crippen LogP contribution in [0.5, 0.6) is 23.0 Å². The standard InChI is InChI=1S/C26H33NO5/c1-16(2)13-27(14-17(3)4)15-21-22(28)10-9-20-25(29)24(32-26(20)21)11-18-7-8-19(30-5)12-23(18)31-6/h7-12,16-17,28H,13-15H2,1-6H3/b24-11-. The lowest BCUT2D eigenvalue weighted by molar-refractivity contribution is -0.919. The summed E-state index contributed by atoms with van der Waals surface area (Å²) in [4.78, 5) is 14.4. The predicted molar refractivity (Wildman–Crippen MR) is 122 cm³/mol. The number of allylic oxidation sites excluding steroid dienone is 1. The lowest BCUT2D eigenvalue weighted by Gasteiger charge is -2.26. The van der Waals surface area contributed by atoms with E-state index in [1.807, 2.05) is 0 Å². The zero-order valence-corrected chi connectivity index (χ0v) is 19.8. The summed E-state index contributed by atoms with van der Waals surface area (Å²) in [5.41, 5.74) is 1.70. The third kappa shape index (κ3) is 5.25. The zero-order chi connectivity index (χ0) is 23.4. The number of quaternary nitrogens is 1. The quantitative estimate of drug-likeness (QED) is 0.608. The Labute approximate surface area is 190 Å². The minimum atomic E-state index is -0.228. The first-order chi connectivity index (χ1) is 15.2. The van der Waals surface area contributed by atoms with E-state index in [0.29, 0.717) is 52.3 Å². The fourth-order valence-electron chi connectivity index (χ4n) is 4.17. The van der Waals surface area contributed by atoms with Crippen LogP contribution in [0.4, 0.5) is 0 Å². The van der Waals surface area contributed by atoms with E-state index in [1.54, 1.807) is 44.6 Å². The molecule has 6 heteroatoms. The number of carbonyl (C=O) groups is 1. The summed E-state index contributed by atoms with van der Waals surface area (Å²) in [5.74, 6) is 2.47. The van der Waals surface area contributed by atoms with Gasteiger partial charge in [-0.15, -0.1) is 0 Å². The van der Waals surface area contributed by atoms with Gasteiger partial charge in [0, 0.05) is 29.0 Å². The zero-order valence-electron chi connectivity index (χ0n) is 19.8. The molecule has 0 saturated heterocycles. The number of benzene rings is 2. The van der Waals surface area contributed by atoms with E-state index < -0.39 is 0 Å². The summed E-state index contributed by atoms with van der Waals surface area (Å²) in [7, 11) is 3.14. The predicted octanol–water partition coefficient (Wildman–Crippen LogP) is 3.09. The highest BCUT2D eigenvalue weighted by Crippen LogP contribution is 2.39. The molecule has 2 aromatic carbocycles. The van der Waals surface area contributed by atoms with Gasteiger partial charge in [-0.2, -0.15) is 0 Å². The monoisotopic (exact) mass is 439 g/mol. The lowest BCUT2D eigenvalue weighted by Crippen LogP contribution is -3.11. The molecule has 0 bridgehead atoms. The van der Waals surface area contributed by atoms with Crippen LogP contribution in [0.2, 0.25) is 0 Å². The molecule has 2 aromatic rings. The van der Waals surface area contributed by atoms with Crippen LogP contribution in [0.15, 0.2) is 36.1 Å². The first-order valence-electron chi connectivity index (χ1n) is 11.1. The number of hydrogen-bond donors (Lipinski definition) is 1. The molecule has 6 nitrogen and oxygen atoms in total. The van der Waals surface area contributed by atoms with E-state index >= 15 is 0 Å². The summed E-state index contributed by atoms with van der Waals surface area (Å²) >= 11 is 0. The highest BCUT2D eigenvalue weighted by Gasteiger charge is 2.31. The minimum absolute atomic E-state index is 0.0927. The van der Waals surface area contributed by atoms with Crippen molar-refractivity contribution in [1.29, 1.82) is 0 Å². The SMILES string of the molecule is COc1ccc(/C=C2\Oc3c(ccc([O-])c3C[NH+](CC(C)C)CC(C)C)C2=O)c(OC)c1. The van der Waals surface area contributed by atoms with Crippen molar-refractivity contribution in [2.24, 2.45) is 11.8 Å². The van der Waals surface area contributed by atoms with Gasteiger partial charge in [-0.3, -0.25) is 4.79 Å². The average molecular weight is 440 g/mol. The van der Waals surface area contributed by atoms with Crippen molar-refractivity contribution >= 4 is 11.9 Å². The van der Waals surface area contributed by atoms with E-state index in [9.17, 15) is 9.90 Å². The number of ketones is 1. The Kier molecular flexibility index (Phi) is 7.46. The van der Waals surface area contributed by atoms with Crippen LogP contribution in [0.3, 0.4) is 0 Å². The molecule has 0 radical (unpaired) electrons. The Morgan fingerprint density at radius 3 is 2.31 bits per heavy atom. The normalized spacial score (nSPS) is 14.4. The summed E-state index contributed by atoms with van der Waals surface area (Å²) in [6, 6.07) is 8.40. The van der Waals surface area contributed by atoms with E-state index in [-0.39, 0.29) is 17.3 Å². The molecule has 0 fully saturated rings. The molecule has 0 unspecified atom stereocenters. The fraction of sp³-hybridized carbons (Fsp3) is 0.423. The van der Waals surface area contributed by atoms with E-state index in [4.69, 9.17) is 14.2 Å². The van der Waals surface area contributed by atoms with Crippen molar-refractivity contribution in [3.8, 4) is 23.0 Å². The molecule has 32 heavy (non-hydrogen) atoms. The van der Waals surface area contributed by atoms with Crippen molar-refractivity contribution in [1.82, 2.24) is 0 Å². The van der Waals surface area contributed by atoms with Gasteiger partial charge in [0.2, 0.25) is 5.78 Å². The van der Waals surface area contributed by atoms with Gasteiger partial charge in [0.1, 0.15) is 23.8 Å². The lowest BCUT2D eigenvalue weighted by atomic mass is 10.0. The Bertz CT molecular complexity index is 1000. The van der Waals surface area contributed by atoms with Crippen LogP contribution in [-0.4, -0.2) is 33.1 Å². The maximum absolute atomic E-state index is 13.1. The van der Waals surface area contributed by atoms with Crippen LogP contribution in [-0.2, 0) is 6.54 Å². The van der Waals surface area contributed by atoms with E-state index in [1.165, 1.54) is 11.0 Å². The van der Waals surface area contributed by atoms with Gasteiger partial charge in [0.15, 0.2) is 5.76 Å². The largest absolute Gasteiger partial charge is 0.872 e. The molecule has 1 heterocycles. The number of rotatable bonds is 9. The van der Waals surface area contributed by atoms with Crippen molar-refractivity contribution in [2.45, 2.75) is 34.2 Å². The average Bonchev–Trinajstić information content (AvgIpc) is 3.05. The smallest absolute Gasteiger partial charge is 0.231 e. The summed E-state index contributed by atoms with van der Waals surface area (Å²) in [6.07, 6.45) is 1.65. The van der Waals surface area contributed by atoms with Crippen molar-refractivity contribution in [3.63, 3.8) is 0 Å². The Hall–Kier alpha value is -2.99. The Balaban J connectivity index is 1.95. The number of Topliss-reactive ketones (excluding diaryl/α,β-unsaturated/α-hetero) is 1. The van der Waals surface area contributed by atoms with E-state index in [0.717, 1.165) is 13.1 Å². The summed E-state index contributed by atoms with van der Waals surface area (Å²) in [6.45, 7) is 11.1.